The summed E-state index contributed by atoms with van der Waals surface area (Å²) in [5, 5.41) is 3.91. The van der Waals surface area contributed by atoms with Crippen LogP contribution in [0.3, 0.4) is 0 Å². The van der Waals surface area contributed by atoms with Gasteiger partial charge in [0.25, 0.3) is 0 Å². The highest BCUT2D eigenvalue weighted by Gasteiger charge is 2.14. The van der Waals surface area contributed by atoms with Gasteiger partial charge in [0.1, 0.15) is 5.76 Å². The van der Waals surface area contributed by atoms with E-state index in [0.717, 1.165) is 28.5 Å². The molecule has 0 amide bonds. The molecule has 2 aromatic heterocycles. The molecule has 0 aliphatic carbocycles. The van der Waals surface area contributed by atoms with Gasteiger partial charge in [-0.2, -0.15) is 0 Å². The van der Waals surface area contributed by atoms with Gasteiger partial charge in [0.2, 0.25) is 5.89 Å². The molecule has 24 heavy (non-hydrogen) atoms. The van der Waals surface area contributed by atoms with Crippen LogP contribution >= 0.6 is 11.8 Å². The third kappa shape index (κ3) is 3.88. The Morgan fingerprint density at radius 1 is 1.12 bits per heavy atom. The van der Waals surface area contributed by atoms with Crippen molar-refractivity contribution in [1.29, 1.82) is 0 Å². The van der Waals surface area contributed by atoms with E-state index in [4.69, 9.17) is 8.94 Å². The minimum absolute atomic E-state index is 0.666. The summed E-state index contributed by atoms with van der Waals surface area (Å²) in [4.78, 5) is 8.02. The van der Waals surface area contributed by atoms with E-state index >= 15 is 0 Å². The maximum Gasteiger partial charge on any atom is 0.226 e. The molecule has 0 radical (unpaired) electrons. The van der Waals surface area contributed by atoms with Gasteiger partial charge in [-0.15, -0.1) is 11.8 Å². The molecule has 0 saturated heterocycles. The summed E-state index contributed by atoms with van der Waals surface area (Å²) >= 11 is 1.72. The van der Waals surface area contributed by atoms with E-state index in [1.807, 2.05) is 39.1 Å². The summed E-state index contributed by atoms with van der Waals surface area (Å²) in [5.41, 5.74) is 2.83. The molecular formula is C18H21N3O2S. The number of nitrogens with zero attached hydrogens (tertiary/aromatic N) is 3. The second-order valence-electron chi connectivity index (χ2n) is 5.86. The minimum Gasteiger partial charge on any atom is -0.441 e. The second kappa shape index (κ2) is 7.23. The van der Waals surface area contributed by atoms with Crippen LogP contribution in [0.15, 0.2) is 44.2 Å². The quantitative estimate of drug-likeness (QED) is 0.622. The molecule has 3 rings (SSSR count). The Kier molecular flexibility index (Phi) is 5.06. The lowest BCUT2D eigenvalue weighted by atomic mass is 10.2. The topological polar surface area (TPSA) is 55.3 Å². The van der Waals surface area contributed by atoms with Crippen LogP contribution in [-0.4, -0.2) is 28.3 Å². The minimum atomic E-state index is 0.666. The molecule has 0 aliphatic rings. The van der Waals surface area contributed by atoms with E-state index in [0.29, 0.717) is 19.0 Å². The van der Waals surface area contributed by atoms with Crippen LogP contribution < -0.4 is 0 Å². The zero-order valence-electron chi connectivity index (χ0n) is 14.4. The normalized spacial score (nSPS) is 11.4. The summed E-state index contributed by atoms with van der Waals surface area (Å²) in [6.07, 6.45) is 2.06. The van der Waals surface area contributed by atoms with E-state index in [1.165, 1.54) is 4.90 Å². The number of aryl methyl sites for hydroxylation is 2. The van der Waals surface area contributed by atoms with Crippen molar-refractivity contribution in [3.63, 3.8) is 0 Å². The van der Waals surface area contributed by atoms with Crippen molar-refractivity contribution in [2.45, 2.75) is 31.8 Å². The second-order valence-corrected chi connectivity index (χ2v) is 6.74. The van der Waals surface area contributed by atoms with Crippen molar-refractivity contribution < 1.29 is 8.94 Å². The molecule has 1 aromatic carbocycles. The zero-order valence-corrected chi connectivity index (χ0v) is 15.2. The predicted octanol–water partition coefficient (Wildman–Crippen LogP) is 4.30. The highest BCUT2D eigenvalue weighted by molar-refractivity contribution is 7.98. The van der Waals surface area contributed by atoms with Crippen LogP contribution in [0.5, 0.6) is 0 Å². The first kappa shape index (κ1) is 16.8. The molecule has 2 heterocycles. The SMILES string of the molecule is CSc1ccc(-c2nc(CN(C)Cc3cc(C)no3)c(C)o2)cc1. The molecule has 126 valence electrons. The fourth-order valence-electron chi connectivity index (χ4n) is 2.50. The van der Waals surface area contributed by atoms with Gasteiger partial charge in [0, 0.05) is 23.1 Å². The van der Waals surface area contributed by atoms with Gasteiger partial charge in [-0.3, -0.25) is 4.90 Å². The standard InChI is InChI=1S/C18H21N3O2S/c1-12-9-15(23-20-12)10-21(3)11-17-13(2)22-18(19-17)14-5-7-16(24-4)8-6-14/h5-9H,10-11H2,1-4H3. The molecule has 0 saturated carbocycles. The first-order valence-corrected chi connectivity index (χ1v) is 8.99. The molecule has 0 N–H and O–H groups in total. The number of rotatable bonds is 6. The Bertz CT molecular complexity index is 808. The molecule has 3 aromatic rings. The molecule has 5 nitrogen and oxygen atoms in total. The largest absolute Gasteiger partial charge is 0.441 e. The van der Waals surface area contributed by atoms with Crippen LogP contribution in [0.25, 0.3) is 11.5 Å². The number of hydrogen-bond donors (Lipinski definition) is 0. The third-order valence-electron chi connectivity index (χ3n) is 3.75. The Morgan fingerprint density at radius 3 is 2.50 bits per heavy atom. The summed E-state index contributed by atoms with van der Waals surface area (Å²) in [5.74, 6) is 2.36. The highest BCUT2D eigenvalue weighted by Crippen LogP contribution is 2.25. The first-order valence-electron chi connectivity index (χ1n) is 7.76. The summed E-state index contributed by atoms with van der Waals surface area (Å²) in [6, 6.07) is 10.2. The van der Waals surface area contributed by atoms with Crippen molar-refractivity contribution in [2.75, 3.05) is 13.3 Å². The lowest BCUT2D eigenvalue weighted by molar-refractivity contribution is 0.263. The lowest BCUT2D eigenvalue weighted by Crippen LogP contribution is -2.17. The lowest BCUT2D eigenvalue weighted by Gasteiger charge is -2.12. The summed E-state index contributed by atoms with van der Waals surface area (Å²) < 4.78 is 11.1. The van der Waals surface area contributed by atoms with E-state index in [9.17, 15) is 0 Å². The third-order valence-corrected chi connectivity index (χ3v) is 4.50. The van der Waals surface area contributed by atoms with Gasteiger partial charge in [0.05, 0.1) is 17.9 Å². The molecule has 6 heteroatoms. The number of hydrogen-bond acceptors (Lipinski definition) is 6. The zero-order chi connectivity index (χ0) is 17.1. The van der Waals surface area contributed by atoms with Crippen LogP contribution in [0.2, 0.25) is 0 Å². The van der Waals surface area contributed by atoms with Crippen molar-refractivity contribution in [2.24, 2.45) is 0 Å². The fourth-order valence-corrected chi connectivity index (χ4v) is 2.91. The summed E-state index contributed by atoms with van der Waals surface area (Å²) in [6.45, 7) is 5.25. The predicted molar refractivity (Wildman–Crippen MR) is 94.9 cm³/mol. The Hall–Kier alpha value is -2.05. The number of thioether (sulfide) groups is 1. The number of benzene rings is 1. The molecule has 0 spiro atoms. The van der Waals surface area contributed by atoms with E-state index < -0.39 is 0 Å². The number of oxazole rings is 1. The van der Waals surface area contributed by atoms with Gasteiger partial charge in [-0.1, -0.05) is 5.16 Å². The van der Waals surface area contributed by atoms with Gasteiger partial charge in [-0.25, -0.2) is 4.98 Å². The van der Waals surface area contributed by atoms with E-state index in [1.54, 1.807) is 11.8 Å². The van der Waals surface area contributed by atoms with Crippen molar-refractivity contribution >= 4 is 11.8 Å². The maximum atomic E-state index is 5.85. The van der Waals surface area contributed by atoms with E-state index in [-0.39, 0.29) is 0 Å². The first-order chi connectivity index (χ1) is 11.5. The molecule has 0 atom stereocenters. The van der Waals surface area contributed by atoms with Crippen molar-refractivity contribution in [3.8, 4) is 11.5 Å². The average molecular weight is 343 g/mol. The summed E-state index contributed by atoms with van der Waals surface area (Å²) in [7, 11) is 2.03. The smallest absolute Gasteiger partial charge is 0.226 e. The molecule has 0 bridgehead atoms. The van der Waals surface area contributed by atoms with Crippen LogP contribution in [0.4, 0.5) is 0 Å². The van der Waals surface area contributed by atoms with Crippen LogP contribution in [0, 0.1) is 13.8 Å². The van der Waals surface area contributed by atoms with Crippen LogP contribution in [0.1, 0.15) is 22.9 Å². The number of aromatic nitrogens is 2. The maximum absolute atomic E-state index is 5.85. The van der Waals surface area contributed by atoms with Gasteiger partial charge in [0.15, 0.2) is 5.76 Å². The van der Waals surface area contributed by atoms with E-state index in [2.05, 4.69) is 33.4 Å². The van der Waals surface area contributed by atoms with Crippen molar-refractivity contribution in [1.82, 2.24) is 15.0 Å². The molecular weight excluding hydrogens is 322 g/mol. The highest BCUT2D eigenvalue weighted by atomic mass is 32.2. The fraction of sp³-hybridized carbons (Fsp3) is 0.333. The molecule has 0 aliphatic heterocycles. The Balaban J connectivity index is 1.71. The average Bonchev–Trinajstić information content (AvgIpc) is 3.13. The Labute approximate surface area is 146 Å². The van der Waals surface area contributed by atoms with Gasteiger partial charge < -0.3 is 8.94 Å². The Morgan fingerprint density at radius 2 is 1.88 bits per heavy atom. The van der Waals surface area contributed by atoms with Gasteiger partial charge in [-0.05, 0) is 51.4 Å². The molecule has 0 unspecified atom stereocenters. The van der Waals surface area contributed by atoms with Crippen LogP contribution in [-0.2, 0) is 13.1 Å². The van der Waals surface area contributed by atoms with Gasteiger partial charge >= 0.3 is 0 Å². The van der Waals surface area contributed by atoms with Crippen molar-refractivity contribution in [3.05, 3.63) is 53.2 Å². The monoisotopic (exact) mass is 343 g/mol. The molecule has 0 fully saturated rings.